The van der Waals surface area contributed by atoms with E-state index in [0.29, 0.717) is 11.3 Å². The molecule has 0 spiro atoms. The van der Waals surface area contributed by atoms with Gasteiger partial charge in [0.15, 0.2) is 0 Å². The van der Waals surface area contributed by atoms with Crippen molar-refractivity contribution in [3.63, 3.8) is 0 Å². The van der Waals surface area contributed by atoms with E-state index in [-0.39, 0.29) is 19.1 Å². The van der Waals surface area contributed by atoms with Crippen LogP contribution in [0.2, 0.25) is 0 Å². The second-order valence-electron chi connectivity index (χ2n) is 2.79. The molecule has 0 aliphatic heterocycles. The molecule has 0 aliphatic rings. The maximum Gasteiger partial charge on any atom is 0.416 e. The summed E-state index contributed by atoms with van der Waals surface area (Å²) in [6.07, 6.45) is -2.59. The molecule has 0 bridgehead atoms. The Kier molecular flexibility index (Phi) is 4.83. The molecule has 1 atom stereocenters. The second kappa shape index (κ2) is 5.36. The van der Waals surface area contributed by atoms with E-state index in [1.165, 1.54) is 0 Å². The van der Waals surface area contributed by atoms with Gasteiger partial charge in [-0.05, 0) is 12.3 Å². The lowest BCUT2D eigenvalue weighted by Crippen LogP contribution is -2.37. The lowest BCUT2D eigenvalue weighted by molar-refractivity contribution is 0.114. The normalized spacial score (nSPS) is 12.2. The van der Waals surface area contributed by atoms with Crippen LogP contribution in [0.25, 0.3) is 0 Å². The van der Waals surface area contributed by atoms with Gasteiger partial charge in [0.05, 0.1) is 0 Å². The molecular formula is C7H13NO5. The van der Waals surface area contributed by atoms with Gasteiger partial charge in [0, 0.05) is 13.2 Å². The average Bonchev–Trinajstić information content (AvgIpc) is 1.99. The maximum atomic E-state index is 10.4. The Hall–Kier alpha value is -1.30. The molecule has 6 heteroatoms. The van der Waals surface area contributed by atoms with Gasteiger partial charge in [0.2, 0.25) is 0 Å². The van der Waals surface area contributed by atoms with Gasteiger partial charge in [0.25, 0.3) is 0 Å². The summed E-state index contributed by atoms with van der Waals surface area (Å²) in [5, 5.41) is 25.4. The number of aliphatic hydroxyl groups excluding tert-OH is 1. The Morgan fingerprint density at radius 3 is 2.08 bits per heavy atom. The highest BCUT2D eigenvalue weighted by molar-refractivity contribution is 5.85. The van der Waals surface area contributed by atoms with Crippen LogP contribution in [0.4, 0.5) is 9.59 Å². The molecule has 0 aromatic carbocycles. The van der Waals surface area contributed by atoms with Crippen LogP contribution >= 0.6 is 0 Å². The van der Waals surface area contributed by atoms with E-state index in [0.717, 1.165) is 0 Å². The summed E-state index contributed by atoms with van der Waals surface area (Å²) in [6, 6.07) is 0. The monoisotopic (exact) mass is 191 g/mol. The topological polar surface area (TPSA) is 98.1 Å². The Balaban J connectivity index is 4.10. The van der Waals surface area contributed by atoms with Crippen LogP contribution in [-0.2, 0) is 0 Å². The van der Waals surface area contributed by atoms with Gasteiger partial charge in [-0.25, -0.2) is 14.5 Å². The van der Waals surface area contributed by atoms with E-state index >= 15 is 0 Å². The van der Waals surface area contributed by atoms with Crippen LogP contribution in [0.1, 0.15) is 13.3 Å². The van der Waals surface area contributed by atoms with Crippen LogP contribution in [0, 0.1) is 5.92 Å². The SMILES string of the molecule is C[C@H](CCO)CN(C(=O)O)C(=O)O. The Labute approximate surface area is 75.4 Å². The van der Waals surface area contributed by atoms with Gasteiger partial charge in [-0.2, -0.15) is 0 Å². The molecule has 3 N–H and O–H groups in total. The Morgan fingerprint density at radius 1 is 1.31 bits per heavy atom. The molecule has 0 aliphatic carbocycles. The zero-order chi connectivity index (χ0) is 10.4. The maximum absolute atomic E-state index is 10.4. The quantitative estimate of drug-likeness (QED) is 0.606. The van der Waals surface area contributed by atoms with Gasteiger partial charge in [-0.3, -0.25) is 0 Å². The molecule has 0 aromatic rings. The zero-order valence-electron chi connectivity index (χ0n) is 7.30. The summed E-state index contributed by atoms with van der Waals surface area (Å²) < 4.78 is 0. The van der Waals surface area contributed by atoms with Crippen LogP contribution in [-0.4, -0.2) is 45.6 Å². The third kappa shape index (κ3) is 4.32. The summed E-state index contributed by atoms with van der Waals surface area (Å²) in [4.78, 5) is 21.0. The van der Waals surface area contributed by atoms with Crippen LogP contribution < -0.4 is 0 Å². The lowest BCUT2D eigenvalue weighted by atomic mass is 10.1. The molecule has 0 radical (unpaired) electrons. The Morgan fingerprint density at radius 2 is 1.77 bits per heavy atom. The summed E-state index contributed by atoms with van der Waals surface area (Å²) >= 11 is 0. The highest BCUT2D eigenvalue weighted by Crippen LogP contribution is 2.04. The predicted octanol–water partition coefficient (Wildman–Crippen LogP) is 0.663. The lowest BCUT2D eigenvalue weighted by Gasteiger charge is -2.17. The van der Waals surface area contributed by atoms with Crippen molar-refractivity contribution in [2.24, 2.45) is 5.92 Å². The molecular weight excluding hydrogens is 178 g/mol. The van der Waals surface area contributed by atoms with Gasteiger partial charge >= 0.3 is 12.2 Å². The van der Waals surface area contributed by atoms with Crippen LogP contribution in [0.3, 0.4) is 0 Å². The third-order valence-corrected chi connectivity index (χ3v) is 1.58. The smallest absolute Gasteiger partial charge is 0.416 e. The van der Waals surface area contributed by atoms with Crippen molar-refractivity contribution in [1.82, 2.24) is 4.90 Å². The van der Waals surface area contributed by atoms with E-state index < -0.39 is 12.2 Å². The summed E-state index contributed by atoms with van der Waals surface area (Å²) in [6.45, 7) is 1.49. The number of aliphatic hydroxyl groups is 1. The molecule has 0 heterocycles. The fraction of sp³-hybridized carbons (Fsp3) is 0.714. The first-order valence-electron chi connectivity index (χ1n) is 3.83. The minimum absolute atomic E-state index is 0.0752. The first-order valence-corrected chi connectivity index (χ1v) is 3.83. The van der Waals surface area contributed by atoms with E-state index in [4.69, 9.17) is 15.3 Å². The number of amides is 2. The molecule has 76 valence electrons. The Bertz CT molecular complexity index is 179. The second-order valence-corrected chi connectivity index (χ2v) is 2.79. The molecule has 13 heavy (non-hydrogen) atoms. The van der Waals surface area contributed by atoms with Gasteiger partial charge in [-0.1, -0.05) is 6.92 Å². The van der Waals surface area contributed by atoms with Crippen molar-refractivity contribution in [1.29, 1.82) is 0 Å². The van der Waals surface area contributed by atoms with Crippen molar-refractivity contribution in [3.8, 4) is 0 Å². The first-order chi connectivity index (χ1) is 5.99. The highest BCUT2D eigenvalue weighted by atomic mass is 16.4. The molecule has 0 unspecified atom stereocenters. The largest absolute Gasteiger partial charge is 0.465 e. The first kappa shape index (κ1) is 11.7. The van der Waals surface area contributed by atoms with Crippen molar-refractivity contribution >= 4 is 12.2 Å². The molecule has 0 aromatic heterocycles. The molecule has 0 rings (SSSR count). The van der Waals surface area contributed by atoms with E-state index in [1.807, 2.05) is 0 Å². The molecule has 2 amide bonds. The number of hydrogen-bond acceptors (Lipinski definition) is 3. The van der Waals surface area contributed by atoms with Crippen molar-refractivity contribution < 1.29 is 24.9 Å². The number of rotatable bonds is 4. The highest BCUT2D eigenvalue weighted by Gasteiger charge is 2.21. The van der Waals surface area contributed by atoms with Gasteiger partial charge in [-0.15, -0.1) is 0 Å². The van der Waals surface area contributed by atoms with Crippen LogP contribution in [0.15, 0.2) is 0 Å². The number of carboxylic acid groups (broad SMARTS) is 2. The number of imide groups is 1. The molecule has 0 saturated heterocycles. The third-order valence-electron chi connectivity index (χ3n) is 1.58. The van der Waals surface area contributed by atoms with E-state index in [9.17, 15) is 9.59 Å². The number of hydrogen-bond donors (Lipinski definition) is 3. The molecule has 0 fully saturated rings. The van der Waals surface area contributed by atoms with Gasteiger partial charge < -0.3 is 15.3 Å². The fourth-order valence-electron chi connectivity index (χ4n) is 0.861. The van der Waals surface area contributed by atoms with Crippen molar-refractivity contribution in [2.75, 3.05) is 13.2 Å². The summed E-state index contributed by atoms with van der Waals surface area (Å²) in [7, 11) is 0. The number of nitrogens with zero attached hydrogens (tertiary/aromatic N) is 1. The minimum atomic E-state index is -1.49. The zero-order valence-corrected chi connectivity index (χ0v) is 7.30. The van der Waals surface area contributed by atoms with Crippen molar-refractivity contribution in [3.05, 3.63) is 0 Å². The van der Waals surface area contributed by atoms with Crippen LogP contribution in [0.5, 0.6) is 0 Å². The van der Waals surface area contributed by atoms with E-state index in [1.54, 1.807) is 6.92 Å². The molecule has 0 saturated carbocycles. The standard InChI is InChI=1S/C7H13NO5/c1-5(2-3-9)4-8(6(10)11)7(12)13/h5,9H,2-4H2,1H3,(H,10,11)(H,12,13)/t5-/m1/s1. The summed E-state index contributed by atoms with van der Waals surface area (Å²) in [5.74, 6) is -0.169. The predicted molar refractivity (Wildman–Crippen MR) is 43.6 cm³/mol. The van der Waals surface area contributed by atoms with E-state index in [2.05, 4.69) is 0 Å². The molecule has 6 nitrogen and oxygen atoms in total. The van der Waals surface area contributed by atoms with Crippen molar-refractivity contribution in [2.45, 2.75) is 13.3 Å². The summed E-state index contributed by atoms with van der Waals surface area (Å²) in [5.41, 5.74) is 0. The number of carbonyl (C=O) groups is 2. The minimum Gasteiger partial charge on any atom is -0.465 e. The average molecular weight is 191 g/mol. The van der Waals surface area contributed by atoms with Gasteiger partial charge in [0.1, 0.15) is 0 Å². The fourth-order valence-corrected chi connectivity index (χ4v) is 0.861.